The van der Waals surface area contributed by atoms with E-state index in [9.17, 15) is 0 Å². The molecule has 42 heavy (non-hydrogen) atoms. The van der Waals surface area contributed by atoms with Crippen LogP contribution in [0.25, 0.3) is 0 Å². The van der Waals surface area contributed by atoms with E-state index in [2.05, 4.69) is 37.5 Å². The molecule has 254 valence electrons. The number of hydrogen-bond donors (Lipinski definition) is 0. The van der Waals surface area contributed by atoms with Crippen molar-refractivity contribution in [3.8, 4) is 0 Å². The number of hydrogen-bond acceptors (Lipinski definition) is 2. The zero-order chi connectivity index (χ0) is 30.6. The lowest BCUT2D eigenvalue weighted by Crippen LogP contribution is -2.30. The zero-order valence-electron chi connectivity index (χ0n) is 30.4. The number of nitrogens with zero attached hydrogens (tertiary/aromatic N) is 2. The van der Waals surface area contributed by atoms with Gasteiger partial charge in [0.1, 0.15) is 0 Å². The Balaban J connectivity index is 4.43. The normalized spacial score (nSPS) is 11.9. The molecular formula is C40H84N2. The third-order valence-electron chi connectivity index (χ3n) is 9.51. The fourth-order valence-corrected chi connectivity index (χ4v) is 6.51. The van der Waals surface area contributed by atoms with Crippen molar-refractivity contribution >= 4 is 0 Å². The van der Waals surface area contributed by atoms with E-state index in [1.807, 2.05) is 0 Å². The molecule has 0 aliphatic rings. The number of unbranched alkanes of at least 4 members (excludes halogenated alkanes) is 25. The Morgan fingerprint density at radius 2 is 0.333 bits per heavy atom. The highest BCUT2D eigenvalue weighted by atomic mass is 15.1. The van der Waals surface area contributed by atoms with E-state index in [-0.39, 0.29) is 0 Å². The van der Waals surface area contributed by atoms with Crippen LogP contribution in [0.5, 0.6) is 0 Å². The van der Waals surface area contributed by atoms with Gasteiger partial charge < -0.3 is 9.80 Å². The quantitative estimate of drug-likeness (QED) is 0.0662. The lowest BCUT2D eigenvalue weighted by Gasteiger charge is -2.25. The highest BCUT2D eigenvalue weighted by molar-refractivity contribution is 4.64. The first-order valence-electron chi connectivity index (χ1n) is 20.2. The van der Waals surface area contributed by atoms with Gasteiger partial charge in [-0.1, -0.05) is 182 Å². The molecule has 0 aromatic heterocycles. The molecule has 0 rings (SSSR count). The van der Waals surface area contributed by atoms with Gasteiger partial charge >= 0.3 is 0 Å². The van der Waals surface area contributed by atoms with Crippen molar-refractivity contribution in [2.75, 3.05) is 39.3 Å². The lowest BCUT2D eigenvalue weighted by molar-refractivity contribution is 0.229. The Labute approximate surface area is 268 Å². The minimum atomic E-state index is 1.34. The summed E-state index contributed by atoms with van der Waals surface area (Å²) in [6, 6.07) is 0. The monoisotopic (exact) mass is 593 g/mol. The predicted molar refractivity (Wildman–Crippen MR) is 194 cm³/mol. The van der Waals surface area contributed by atoms with Crippen molar-refractivity contribution in [3.05, 3.63) is 0 Å². The molecule has 0 fully saturated rings. The first-order chi connectivity index (χ1) is 20.8. The summed E-state index contributed by atoms with van der Waals surface area (Å²) in [4.78, 5) is 5.71. The Bertz CT molecular complexity index is 387. The fraction of sp³-hybridized carbons (Fsp3) is 1.00. The van der Waals surface area contributed by atoms with E-state index in [4.69, 9.17) is 0 Å². The molecule has 0 unspecified atom stereocenters. The molecule has 0 bridgehead atoms. The maximum Gasteiger partial charge on any atom is -0.00183 e. The maximum atomic E-state index is 2.86. The Morgan fingerprint density at radius 1 is 0.190 bits per heavy atom. The zero-order valence-corrected chi connectivity index (χ0v) is 30.4. The largest absolute Gasteiger partial charge is 0.303 e. The first kappa shape index (κ1) is 41.9. The summed E-state index contributed by atoms with van der Waals surface area (Å²) in [6.07, 6.45) is 42.9. The average molecular weight is 593 g/mol. The van der Waals surface area contributed by atoms with Crippen LogP contribution < -0.4 is 0 Å². The highest BCUT2D eigenvalue weighted by Crippen LogP contribution is 2.13. The lowest BCUT2D eigenvalue weighted by atomic mass is 10.1. The predicted octanol–water partition coefficient (Wildman–Crippen LogP) is 13.4. The molecule has 0 amide bonds. The summed E-state index contributed by atoms with van der Waals surface area (Å²) in [6.45, 7) is 17.4. The molecule has 0 aromatic carbocycles. The molecule has 0 radical (unpaired) electrons. The van der Waals surface area contributed by atoms with Crippen LogP contribution in [0.2, 0.25) is 0 Å². The molecule has 0 saturated carbocycles. The summed E-state index contributed by atoms with van der Waals surface area (Å²) in [5.41, 5.74) is 0. The van der Waals surface area contributed by atoms with E-state index in [1.54, 1.807) is 0 Å². The Morgan fingerprint density at radius 3 is 0.524 bits per heavy atom. The maximum absolute atomic E-state index is 2.86. The molecule has 0 N–H and O–H groups in total. The van der Waals surface area contributed by atoms with E-state index >= 15 is 0 Å². The second-order valence-electron chi connectivity index (χ2n) is 13.9. The van der Waals surface area contributed by atoms with Crippen molar-refractivity contribution in [3.63, 3.8) is 0 Å². The molecular weight excluding hydrogens is 508 g/mol. The standard InChI is InChI=1S/C40H84N2/c1-5-9-13-17-21-25-29-35-41(36-30-26-22-18-14-10-6-2)39-33-34-40-42(37-31-27-23-19-15-11-7-3)38-32-28-24-20-16-12-8-4/h5-40H2,1-4H3. The average Bonchev–Trinajstić information content (AvgIpc) is 3.00. The van der Waals surface area contributed by atoms with Gasteiger partial charge in [0, 0.05) is 0 Å². The summed E-state index contributed by atoms with van der Waals surface area (Å²) >= 11 is 0. The van der Waals surface area contributed by atoms with E-state index in [0.717, 1.165) is 0 Å². The summed E-state index contributed by atoms with van der Waals surface area (Å²) in [5.74, 6) is 0. The van der Waals surface area contributed by atoms with Gasteiger partial charge in [-0.15, -0.1) is 0 Å². The van der Waals surface area contributed by atoms with Crippen LogP contribution in [-0.2, 0) is 0 Å². The van der Waals surface area contributed by atoms with Crippen LogP contribution in [0.4, 0.5) is 0 Å². The topological polar surface area (TPSA) is 6.48 Å². The Hall–Kier alpha value is -0.0800. The molecule has 0 aliphatic carbocycles. The van der Waals surface area contributed by atoms with Gasteiger partial charge in [-0.3, -0.25) is 0 Å². The van der Waals surface area contributed by atoms with E-state index in [1.165, 1.54) is 232 Å². The summed E-state index contributed by atoms with van der Waals surface area (Å²) in [5, 5.41) is 0. The molecule has 0 aromatic rings. The molecule has 0 heterocycles. The van der Waals surface area contributed by atoms with Gasteiger partial charge in [0.05, 0.1) is 0 Å². The van der Waals surface area contributed by atoms with E-state index < -0.39 is 0 Å². The van der Waals surface area contributed by atoms with Gasteiger partial charge in [0.2, 0.25) is 0 Å². The van der Waals surface area contributed by atoms with Gasteiger partial charge in [0.25, 0.3) is 0 Å². The van der Waals surface area contributed by atoms with Crippen molar-refractivity contribution in [2.24, 2.45) is 0 Å². The van der Waals surface area contributed by atoms with Crippen LogP contribution in [0, 0.1) is 0 Å². The number of rotatable bonds is 37. The van der Waals surface area contributed by atoms with Crippen LogP contribution in [0.3, 0.4) is 0 Å². The second-order valence-corrected chi connectivity index (χ2v) is 13.9. The third kappa shape index (κ3) is 32.8. The first-order valence-corrected chi connectivity index (χ1v) is 20.2. The van der Waals surface area contributed by atoms with Crippen molar-refractivity contribution in [1.82, 2.24) is 9.80 Å². The highest BCUT2D eigenvalue weighted by Gasteiger charge is 2.08. The minimum absolute atomic E-state index is 1.34. The van der Waals surface area contributed by atoms with E-state index in [0.29, 0.717) is 0 Å². The molecule has 0 atom stereocenters. The summed E-state index contributed by atoms with van der Waals surface area (Å²) < 4.78 is 0. The molecule has 0 aliphatic heterocycles. The van der Waals surface area contributed by atoms with Crippen LogP contribution in [-0.4, -0.2) is 49.1 Å². The molecule has 2 nitrogen and oxygen atoms in total. The third-order valence-corrected chi connectivity index (χ3v) is 9.51. The second kappa shape index (κ2) is 37.1. The van der Waals surface area contributed by atoms with Gasteiger partial charge in [0.15, 0.2) is 0 Å². The minimum Gasteiger partial charge on any atom is -0.303 e. The Kier molecular flexibility index (Phi) is 37.0. The van der Waals surface area contributed by atoms with Crippen LogP contribution in [0.1, 0.15) is 220 Å². The molecule has 0 saturated heterocycles. The fourth-order valence-electron chi connectivity index (χ4n) is 6.51. The van der Waals surface area contributed by atoms with Crippen LogP contribution in [0.15, 0.2) is 0 Å². The van der Waals surface area contributed by atoms with Crippen molar-refractivity contribution in [1.29, 1.82) is 0 Å². The van der Waals surface area contributed by atoms with Crippen molar-refractivity contribution in [2.45, 2.75) is 220 Å². The van der Waals surface area contributed by atoms with Gasteiger partial charge in [-0.2, -0.15) is 0 Å². The smallest absolute Gasteiger partial charge is 0.00183 e. The van der Waals surface area contributed by atoms with Crippen LogP contribution >= 0.6 is 0 Å². The summed E-state index contributed by atoms with van der Waals surface area (Å²) in [7, 11) is 0. The molecule has 2 heteroatoms. The SMILES string of the molecule is CCCCCCCCCN(CCCCCCCCC)CCCCN(CCCCCCCCC)CCCCCCCCC. The molecule has 0 spiro atoms. The van der Waals surface area contributed by atoms with Gasteiger partial charge in [-0.25, -0.2) is 0 Å². The van der Waals surface area contributed by atoms with Gasteiger partial charge in [-0.05, 0) is 77.8 Å². The van der Waals surface area contributed by atoms with Crippen molar-refractivity contribution < 1.29 is 0 Å².